The number of ether oxygens (including phenoxy) is 3. The molecule has 1 atom stereocenters. The minimum Gasteiger partial charge on any atom is -0.497 e. The smallest absolute Gasteiger partial charge is 0.409 e. The number of benzene rings is 1. The van der Waals surface area contributed by atoms with Gasteiger partial charge < -0.3 is 19.1 Å². The van der Waals surface area contributed by atoms with E-state index >= 15 is 0 Å². The summed E-state index contributed by atoms with van der Waals surface area (Å²) < 4.78 is 17.3. The summed E-state index contributed by atoms with van der Waals surface area (Å²) in [5.74, 6) is 1.07. The standard InChI is InChI=1S/C18H24N4O5/c1-3-4-10-27-18(24)21-9-11-26-15(12-21)16-19-17(23)22(20-16)13-5-7-14(25-2)8-6-13/h5-8,15H,3-4,9-12H2,1-2H3,(H,19,20,23). The predicted octanol–water partition coefficient (Wildman–Crippen LogP) is 1.88. The van der Waals surface area contributed by atoms with Crippen LogP contribution in [-0.2, 0) is 9.47 Å². The van der Waals surface area contributed by atoms with Crippen molar-refractivity contribution in [3.8, 4) is 11.4 Å². The minimum atomic E-state index is -0.510. The maximum absolute atomic E-state index is 12.3. The number of carbonyl (C=O) groups is 1. The molecule has 1 aliphatic heterocycles. The van der Waals surface area contributed by atoms with Crippen LogP contribution < -0.4 is 10.4 Å². The summed E-state index contributed by atoms with van der Waals surface area (Å²) in [4.78, 5) is 28.7. The fraction of sp³-hybridized carbons (Fsp3) is 0.500. The van der Waals surface area contributed by atoms with Crippen molar-refractivity contribution in [2.45, 2.75) is 25.9 Å². The zero-order valence-electron chi connectivity index (χ0n) is 15.5. The van der Waals surface area contributed by atoms with E-state index in [1.54, 1.807) is 36.3 Å². The highest BCUT2D eigenvalue weighted by atomic mass is 16.6. The van der Waals surface area contributed by atoms with Crippen LogP contribution >= 0.6 is 0 Å². The third-order valence-corrected chi connectivity index (χ3v) is 4.31. The summed E-state index contributed by atoms with van der Waals surface area (Å²) in [5, 5.41) is 4.33. The maximum atomic E-state index is 12.3. The maximum Gasteiger partial charge on any atom is 0.409 e. The second kappa shape index (κ2) is 8.72. The first-order valence-electron chi connectivity index (χ1n) is 8.99. The molecule has 27 heavy (non-hydrogen) atoms. The van der Waals surface area contributed by atoms with Crippen molar-refractivity contribution in [3.63, 3.8) is 0 Å². The van der Waals surface area contributed by atoms with Gasteiger partial charge in [-0.15, -0.1) is 5.10 Å². The average molecular weight is 376 g/mol. The Morgan fingerprint density at radius 3 is 2.85 bits per heavy atom. The number of morpholine rings is 1. The van der Waals surface area contributed by atoms with E-state index < -0.39 is 6.10 Å². The molecule has 1 aromatic carbocycles. The van der Waals surface area contributed by atoms with E-state index in [4.69, 9.17) is 14.2 Å². The molecule has 146 valence electrons. The molecule has 1 aliphatic rings. The molecule has 0 aliphatic carbocycles. The number of aromatic nitrogens is 3. The molecule has 0 bridgehead atoms. The SMILES string of the molecule is CCCCOC(=O)N1CCOC(c2nn(-c3ccc(OC)cc3)c(=O)[nH]2)C1. The average Bonchev–Trinajstić information content (AvgIpc) is 3.10. The van der Waals surface area contributed by atoms with Crippen molar-refractivity contribution in [2.24, 2.45) is 0 Å². The number of hydrogen-bond donors (Lipinski definition) is 1. The van der Waals surface area contributed by atoms with Gasteiger partial charge >= 0.3 is 11.8 Å². The van der Waals surface area contributed by atoms with Crippen LogP contribution in [-0.4, -0.2) is 59.2 Å². The van der Waals surface area contributed by atoms with Crippen LogP contribution in [0.25, 0.3) is 5.69 Å². The van der Waals surface area contributed by atoms with Gasteiger partial charge in [0.15, 0.2) is 5.82 Å². The van der Waals surface area contributed by atoms with E-state index in [1.807, 2.05) is 6.92 Å². The molecule has 1 amide bonds. The number of aromatic amines is 1. The molecule has 0 radical (unpaired) electrons. The second-order valence-electron chi connectivity index (χ2n) is 6.20. The van der Waals surface area contributed by atoms with E-state index in [2.05, 4.69) is 10.1 Å². The third kappa shape index (κ3) is 4.48. The largest absolute Gasteiger partial charge is 0.497 e. The Labute approximate surface area is 156 Å². The Morgan fingerprint density at radius 1 is 1.37 bits per heavy atom. The Morgan fingerprint density at radius 2 is 2.15 bits per heavy atom. The van der Waals surface area contributed by atoms with Gasteiger partial charge in [0.05, 0.1) is 32.6 Å². The zero-order valence-corrected chi connectivity index (χ0v) is 15.5. The van der Waals surface area contributed by atoms with Crippen molar-refractivity contribution in [1.29, 1.82) is 0 Å². The lowest BCUT2D eigenvalue weighted by Gasteiger charge is -2.31. The predicted molar refractivity (Wildman–Crippen MR) is 97.3 cm³/mol. The van der Waals surface area contributed by atoms with Gasteiger partial charge in [-0.1, -0.05) is 13.3 Å². The topological polar surface area (TPSA) is 98.7 Å². The molecule has 1 aromatic heterocycles. The summed E-state index contributed by atoms with van der Waals surface area (Å²) in [6, 6.07) is 6.98. The molecule has 9 nitrogen and oxygen atoms in total. The Bertz CT molecular complexity index is 814. The molecule has 2 aromatic rings. The second-order valence-corrected chi connectivity index (χ2v) is 6.20. The molecule has 0 spiro atoms. The summed E-state index contributed by atoms with van der Waals surface area (Å²) in [6.07, 6.45) is 0.917. The number of hydrogen-bond acceptors (Lipinski definition) is 6. The Balaban J connectivity index is 1.70. The zero-order chi connectivity index (χ0) is 19.2. The van der Waals surface area contributed by atoms with E-state index in [0.29, 0.717) is 37.0 Å². The van der Waals surface area contributed by atoms with Gasteiger partial charge in [-0.2, -0.15) is 4.68 Å². The minimum absolute atomic E-state index is 0.278. The van der Waals surface area contributed by atoms with Gasteiger partial charge in [-0.3, -0.25) is 4.98 Å². The summed E-state index contributed by atoms with van der Waals surface area (Å²) >= 11 is 0. The molecule has 1 fully saturated rings. The van der Waals surface area contributed by atoms with E-state index in [0.717, 1.165) is 12.8 Å². The molecular weight excluding hydrogens is 352 g/mol. The molecule has 9 heteroatoms. The molecule has 1 N–H and O–H groups in total. The number of H-pyrrole nitrogens is 1. The molecule has 3 rings (SSSR count). The summed E-state index contributed by atoms with van der Waals surface area (Å²) in [5.41, 5.74) is 0.233. The summed E-state index contributed by atoms with van der Waals surface area (Å²) in [6.45, 7) is 3.52. The lowest BCUT2D eigenvalue weighted by atomic mass is 10.2. The highest BCUT2D eigenvalue weighted by Gasteiger charge is 2.29. The summed E-state index contributed by atoms with van der Waals surface area (Å²) in [7, 11) is 1.58. The van der Waals surface area contributed by atoms with Gasteiger partial charge in [0.2, 0.25) is 0 Å². The number of rotatable bonds is 6. The molecule has 0 saturated carbocycles. The number of carbonyl (C=O) groups excluding carboxylic acids is 1. The number of amides is 1. The lowest BCUT2D eigenvalue weighted by molar-refractivity contribution is -0.0325. The van der Waals surface area contributed by atoms with Crippen molar-refractivity contribution < 1.29 is 19.0 Å². The third-order valence-electron chi connectivity index (χ3n) is 4.31. The van der Waals surface area contributed by atoms with Crippen LogP contribution in [0.15, 0.2) is 29.1 Å². The van der Waals surface area contributed by atoms with Gasteiger partial charge in [-0.05, 0) is 30.7 Å². The fourth-order valence-corrected chi connectivity index (χ4v) is 2.76. The van der Waals surface area contributed by atoms with Crippen LogP contribution in [0.2, 0.25) is 0 Å². The van der Waals surface area contributed by atoms with Crippen LogP contribution in [0.1, 0.15) is 31.7 Å². The van der Waals surface area contributed by atoms with Gasteiger partial charge in [0.25, 0.3) is 0 Å². The number of nitrogens with zero attached hydrogens (tertiary/aromatic N) is 3. The fourth-order valence-electron chi connectivity index (χ4n) is 2.76. The monoisotopic (exact) mass is 376 g/mol. The molecule has 1 saturated heterocycles. The van der Waals surface area contributed by atoms with Crippen molar-refractivity contribution in [3.05, 3.63) is 40.6 Å². The van der Waals surface area contributed by atoms with E-state index in [-0.39, 0.29) is 18.3 Å². The van der Waals surface area contributed by atoms with Crippen LogP contribution in [0.3, 0.4) is 0 Å². The highest BCUT2D eigenvalue weighted by molar-refractivity contribution is 5.67. The first-order chi connectivity index (χ1) is 13.1. The molecule has 1 unspecified atom stereocenters. The Kier molecular flexibility index (Phi) is 6.12. The van der Waals surface area contributed by atoms with Gasteiger partial charge in [0.1, 0.15) is 11.9 Å². The highest BCUT2D eigenvalue weighted by Crippen LogP contribution is 2.20. The van der Waals surface area contributed by atoms with Crippen LogP contribution in [0.4, 0.5) is 4.79 Å². The van der Waals surface area contributed by atoms with Gasteiger partial charge in [-0.25, -0.2) is 9.59 Å². The normalized spacial score (nSPS) is 17.0. The number of nitrogens with one attached hydrogen (secondary N) is 1. The van der Waals surface area contributed by atoms with Gasteiger partial charge in [0, 0.05) is 6.54 Å². The first kappa shape index (κ1) is 19.0. The molecular formula is C18H24N4O5. The van der Waals surface area contributed by atoms with Crippen LogP contribution in [0.5, 0.6) is 5.75 Å². The van der Waals surface area contributed by atoms with E-state index in [9.17, 15) is 9.59 Å². The van der Waals surface area contributed by atoms with Crippen molar-refractivity contribution >= 4 is 6.09 Å². The quantitative estimate of drug-likeness (QED) is 0.773. The first-order valence-corrected chi connectivity index (χ1v) is 8.99. The van der Waals surface area contributed by atoms with Crippen molar-refractivity contribution in [2.75, 3.05) is 33.4 Å². The Hall–Kier alpha value is -2.81. The molecule has 2 heterocycles. The van der Waals surface area contributed by atoms with Crippen molar-refractivity contribution in [1.82, 2.24) is 19.7 Å². The number of unbranched alkanes of at least 4 members (excludes halogenated alkanes) is 1. The van der Waals surface area contributed by atoms with Crippen LogP contribution in [0, 0.1) is 0 Å². The lowest BCUT2D eigenvalue weighted by Crippen LogP contribution is -2.43. The van der Waals surface area contributed by atoms with E-state index in [1.165, 1.54) is 4.68 Å². The number of methoxy groups -OCH3 is 1.